The molecule has 0 fully saturated rings. The highest BCUT2D eigenvalue weighted by molar-refractivity contribution is 5.98. The highest BCUT2D eigenvalue weighted by Crippen LogP contribution is 2.24. The number of anilines is 3. The van der Waals surface area contributed by atoms with Crippen LogP contribution in [0.2, 0.25) is 0 Å². The minimum atomic E-state index is -0.377. The Kier molecular flexibility index (Phi) is 6.64. The molecule has 0 saturated carbocycles. The van der Waals surface area contributed by atoms with Crippen molar-refractivity contribution in [1.82, 2.24) is 15.3 Å². The Balaban J connectivity index is 2.33. The predicted molar refractivity (Wildman–Crippen MR) is 94.6 cm³/mol. The number of hydrogen-bond donors (Lipinski definition) is 2. The van der Waals surface area contributed by atoms with E-state index in [1.807, 2.05) is 13.8 Å². The SMILES string of the molecule is CCNC(=O)N(c1ccc(F)cc1)c1ccnc(NC(C)COC)n1. The lowest BCUT2D eigenvalue weighted by molar-refractivity contribution is 0.190. The summed E-state index contributed by atoms with van der Waals surface area (Å²) in [5.41, 5.74) is 0.502. The van der Waals surface area contributed by atoms with Gasteiger partial charge in [0.05, 0.1) is 12.3 Å². The number of methoxy groups -OCH3 is 1. The van der Waals surface area contributed by atoms with Crippen molar-refractivity contribution in [3.8, 4) is 0 Å². The van der Waals surface area contributed by atoms with Crippen LogP contribution in [0.3, 0.4) is 0 Å². The Morgan fingerprint density at radius 1 is 1.32 bits per heavy atom. The summed E-state index contributed by atoms with van der Waals surface area (Å²) in [5.74, 6) is 0.371. The number of urea groups is 1. The average Bonchev–Trinajstić information content (AvgIpc) is 2.58. The molecular weight excluding hydrogens is 325 g/mol. The second kappa shape index (κ2) is 8.93. The minimum absolute atomic E-state index is 0.00369. The van der Waals surface area contributed by atoms with Crippen LogP contribution in [0.15, 0.2) is 36.5 Å². The third kappa shape index (κ3) is 5.12. The molecule has 8 heteroatoms. The van der Waals surface area contributed by atoms with Crippen molar-refractivity contribution in [3.05, 3.63) is 42.3 Å². The van der Waals surface area contributed by atoms with Gasteiger partial charge in [0.15, 0.2) is 0 Å². The van der Waals surface area contributed by atoms with Gasteiger partial charge in [0.25, 0.3) is 0 Å². The Hall–Kier alpha value is -2.74. The molecule has 25 heavy (non-hydrogen) atoms. The van der Waals surface area contributed by atoms with E-state index in [9.17, 15) is 9.18 Å². The van der Waals surface area contributed by atoms with Gasteiger partial charge in [-0.2, -0.15) is 4.98 Å². The molecule has 7 nitrogen and oxygen atoms in total. The Bertz CT molecular complexity index is 696. The molecule has 0 aliphatic rings. The van der Waals surface area contributed by atoms with E-state index in [1.165, 1.54) is 29.2 Å². The van der Waals surface area contributed by atoms with E-state index >= 15 is 0 Å². The molecule has 0 spiro atoms. The van der Waals surface area contributed by atoms with E-state index in [0.717, 1.165) is 0 Å². The number of aromatic nitrogens is 2. The van der Waals surface area contributed by atoms with E-state index in [4.69, 9.17) is 4.74 Å². The molecular formula is C17H22FN5O2. The van der Waals surface area contributed by atoms with E-state index in [1.54, 1.807) is 19.4 Å². The van der Waals surface area contributed by atoms with Gasteiger partial charge in [0.1, 0.15) is 11.6 Å². The molecule has 1 heterocycles. The molecule has 0 bridgehead atoms. The molecule has 2 amide bonds. The number of nitrogens with one attached hydrogen (secondary N) is 2. The van der Waals surface area contributed by atoms with Gasteiger partial charge in [-0.1, -0.05) is 0 Å². The first-order chi connectivity index (χ1) is 12.0. The summed E-state index contributed by atoms with van der Waals surface area (Å²) in [7, 11) is 1.61. The number of hydrogen-bond acceptors (Lipinski definition) is 5. The molecule has 0 radical (unpaired) electrons. The molecule has 1 atom stereocenters. The minimum Gasteiger partial charge on any atom is -0.383 e. The molecule has 2 rings (SSSR count). The van der Waals surface area contributed by atoms with Crippen LogP contribution in [0, 0.1) is 5.82 Å². The summed E-state index contributed by atoms with van der Waals surface area (Å²) < 4.78 is 18.3. The number of nitrogens with zero attached hydrogens (tertiary/aromatic N) is 3. The Morgan fingerprint density at radius 2 is 2.04 bits per heavy atom. The zero-order chi connectivity index (χ0) is 18.2. The first kappa shape index (κ1) is 18.6. The summed E-state index contributed by atoms with van der Waals surface area (Å²) in [6.45, 7) is 4.70. The van der Waals surface area contributed by atoms with Gasteiger partial charge < -0.3 is 15.4 Å². The maximum atomic E-state index is 13.2. The third-order valence-corrected chi connectivity index (χ3v) is 3.28. The molecule has 0 aliphatic heterocycles. The average molecular weight is 347 g/mol. The maximum Gasteiger partial charge on any atom is 0.327 e. The number of benzene rings is 1. The van der Waals surface area contributed by atoms with Gasteiger partial charge >= 0.3 is 6.03 Å². The lowest BCUT2D eigenvalue weighted by atomic mass is 10.3. The first-order valence-electron chi connectivity index (χ1n) is 7.97. The summed E-state index contributed by atoms with van der Waals surface area (Å²) in [5, 5.41) is 5.83. The molecule has 0 saturated heterocycles. The third-order valence-electron chi connectivity index (χ3n) is 3.28. The summed E-state index contributed by atoms with van der Waals surface area (Å²) in [6, 6.07) is 6.89. The van der Waals surface area contributed by atoms with Crippen LogP contribution in [0.5, 0.6) is 0 Å². The lowest BCUT2D eigenvalue weighted by Gasteiger charge is -2.22. The molecule has 1 aromatic carbocycles. The second-order valence-corrected chi connectivity index (χ2v) is 5.39. The maximum absolute atomic E-state index is 13.2. The van der Waals surface area contributed by atoms with Crippen LogP contribution < -0.4 is 15.5 Å². The summed E-state index contributed by atoms with van der Waals surface area (Å²) >= 11 is 0. The Labute approximate surface area is 146 Å². The van der Waals surface area contributed by atoms with E-state index in [0.29, 0.717) is 30.6 Å². The van der Waals surface area contributed by atoms with E-state index in [-0.39, 0.29) is 17.9 Å². The molecule has 2 aromatic rings. The van der Waals surface area contributed by atoms with Gasteiger partial charge in [-0.05, 0) is 38.1 Å². The quantitative estimate of drug-likeness (QED) is 0.805. The zero-order valence-electron chi connectivity index (χ0n) is 14.5. The second-order valence-electron chi connectivity index (χ2n) is 5.39. The molecule has 2 N–H and O–H groups in total. The van der Waals surface area contributed by atoms with Gasteiger partial charge in [-0.3, -0.25) is 0 Å². The fraction of sp³-hybridized carbons (Fsp3) is 0.353. The van der Waals surface area contributed by atoms with Crippen molar-refractivity contribution in [2.75, 3.05) is 30.5 Å². The molecule has 1 aromatic heterocycles. The van der Waals surface area contributed by atoms with Gasteiger partial charge in [-0.15, -0.1) is 0 Å². The van der Waals surface area contributed by atoms with Crippen molar-refractivity contribution < 1.29 is 13.9 Å². The summed E-state index contributed by atoms with van der Waals surface area (Å²) in [6.07, 6.45) is 1.56. The van der Waals surface area contributed by atoms with Crippen molar-refractivity contribution >= 4 is 23.5 Å². The fourth-order valence-electron chi connectivity index (χ4n) is 2.23. The van der Waals surface area contributed by atoms with E-state index in [2.05, 4.69) is 20.6 Å². The van der Waals surface area contributed by atoms with Crippen molar-refractivity contribution in [3.63, 3.8) is 0 Å². The zero-order valence-corrected chi connectivity index (χ0v) is 14.5. The Morgan fingerprint density at radius 3 is 2.68 bits per heavy atom. The topological polar surface area (TPSA) is 79.4 Å². The van der Waals surface area contributed by atoms with Crippen molar-refractivity contribution in [1.29, 1.82) is 0 Å². The van der Waals surface area contributed by atoms with Gasteiger partial charge in [-0.25, -0.2) is 19.1 Å². The van der Waals surface area contributed by atoms with Crippen LogP contribution in [-0.2, 0) is 4.74 Å². The lowest BCUT2D eigenvalue weighted by Crippen LogP contribution is -2.37. The number of carbonyl (C=O) groups excluding carboxylic acids is 1. The fourth-order valence-corrected chi connectivity index (χ4v) is 2.23. The standard InChI is InChI=1S/C17H22FN5O2/c1-4-19-17(24)23(14-7-5-13(18)6-8-14)15-9-10-20-16(22-15)21-12(2)11-25-3/h5-10,12H,4,11H2,1-3H3,(H,19,24)(H,20,21,22). The van der Waals surface area contributed by atoms with Crippen LogP contribution >= 0.6 is 0 Å². The van der Waals surface area contributed by atoms with Crippen molar-refractivity contribution in [2.24, 2.45) is 0 Å². The number of rotatable bonds is 7. The monoisotopic (exact) mass is 347 g/mol. The molecule has 134 valence electrons. The van der Waals surface area contributed by atoms with Crippen LogP contribution in [-0.4, -0.2) is 42.3 Å². The number of amides is 2. The largest absolute Gasteiger partial charge is 0.383 e. The van der Waals surface area contributed by atoms with Crippen LogP contribution in [0.25, 0.3) is 0 Å². The highest BCUT2D eigenvalue weighted by Gasteiger charge is 2.19. The van der Waals surface area contributed by atoms with E-state index < -0.39 is 0 Å². The van der Waals surface area contributed by atoms with Crippen molar-refractivity contribution in [2.45, 2.75) is 19.9 Å². The first-order valence-corrected chi connectivity index (χ1v) is 7.97. The highest BCUT2D eigenvalue weighted by atomic mass is 19.1. The number of halogens is 1. The molecule has 1 unspecified atom stereocenters. The normalized spacial score (nSPS) is 11.7. The van der Waals surface area contributed by atoms with Crippen LogP contribution in [0.1, 0.15) is 13.8 Å². The summed E-state index contributed by atoms with van der Waals surface area (Å²) in [4.78, 5) is 22.4. The number of ether oxygens (including phenoxy) is 1. The predicted octanol–water partition coefficient (Wildman–Crippen LogP) is 2.93. The number of carbonyl (C=O) groups is 1. The smallest absolute Gasteiger partial charge is 0.327 e. The van der Waals surface area contributed by atoms with Gasteiger partial charge in [0, 0.05) is 32.0 Å². The van der Waals surface area contributed by atoms with Gasteiger partial charge in [0.2, 0.25) is 5.95 Å². The molecule has 0 aliphatic carbocycles. The van der Waals surface area contributed by atoms with Crippen LogP contribution in [0.4, 0.5) is 26.6 Å².